The summed E-state index contributed by atoms with van der Waals surface area (Å²) >= 11 is 5.85. The highest BCUT2D eigenvalue weighted by Crippen LogP contribution is 2.21. The van der Waals surface area contributed by atoms with Gasteiger partial charge in [0.05, 0.1) is 17.7 Å². The predicted octanol–water partition coefficient (Wildman–Crippen LogP) is 3.26. The van der Waals surface area contributed by atoms with Crippen molar-refractivity contribution in [1.82, 2.24) is 5.43 Å². The van der Waals surface area contributed by atoms with E-state index < -0.39 is 15.9 Å². The number of hydrogen-bond acceptors (Lipinski definition) is 4. The van der Waals surface area contributed by atoms with E-state index in [1.165, 1.54) is 0 Å². The van der Waals surface area contributed by atoms with Gasteiger partial charge in [-0.1, -0.05) is 29.8 Å². The molecule has 0 aliphatic heterocycles. The average Bonchev–Trinajstić information content (AvgIpc) is 2.56. The number of nitrogens with zero attached hydrogens (tertiary/aromatic N) is 2. The average molecular weight is 408 g/mol. The molecule has 0 radical (unpaired) electrons. The van der Waals surface area contributed by atoms with Gasteiger partial charge in [0.2, 0.25) is 10.0 Å². The molecule has 2 aromatic carbocycles. The molecule has 0 bridgehead atoms. The van der Waals surface area contributed by atoms with E-state index in [9.17, 15) is 13.2 Å². The van der Waals surface area contributed by atoms with Gasteiger partial charge < -0.3 is 0 Å². The number of aryl methyl sites for hydroxylation is 2. The van der Waals surface area contributed by atoms with Gasteiger partial charge in [0, 0.05) is 5.02 Å². The topological polar surface area (TPSA) is 78.8 Å². The van der Waals surface area contributed by atoms with Gasteiger partial charge >= 0.3 is 0 Å². The Balaban J connectivity index is 2.17. The van der Waals surface area contributed by atoms with Gasteiger partial charge in [-0.25, -0.2) is 13.8 Å². The number of hydrogen-bond donors (Lipinski definition) is 1. The van der Waals surface area contributed by atoms with Crippen LogP contribution < -0.4 is 9.73 Å². The lowest BCUT2D eigenvalue weighted by Crippen LogP contribution is -2.39. The number of sulfonamides is 1. The Morgan fingerprint density at radius 2 is 1.67 bits per heavy atom. The Bertz CT molecular complexity index is 950. The molecule has 2 rings (SSSR count). The minimum atomic E-state index is -3.63. The van der Waals surface area contributed by atoms with Crippen molar-refractivity contribution in [3.8, 4) is 0 Å². The highest BCUT2D eigenvalue weighted by molar-refractivity contribution is 7.92. The molecule has 0 atom stereocenters. The summed E-state index contributed by atoms with van der Waals surface area (Å²) in [6.07, 6.45) is 1.07. The monoisotopic (exact) mass is 407 g/mol. The van der Waals surface area contributed by atoms with Crippen molar-refractivity contribution >= 4 is 38.9 Å². The molecule has 144 valence electrons. The maximum atomic E-state index is 12.3. The highest BCUT2D eigenvalue weighted by Gasteiger charge is 2.21. The van der Waals surface area contributed by atoms with Crippen LogP contribution in [-0.2, 0) is 14.8 Å². The number of anilines is 1. The maximum Gasteiger partial charge on any atom is 0.260 e. The summed E-state index contributed by atoms with van der Waals surface area (Å²) in [5.41, 5.74) is 6.06. The lowest BCUT2D eigenvalue weighted by Gasteiger charge is -2.22. The molecule has 0 heterocycles. The van der Waals surface area contributed by atoms with Gasteiger partial charge in [-0.15, -0.1) is 0 Å². The molecule has 0 aromatic heterocycles. The van der Waals surface area contributed by atoms with Crippen LogP contribution >= 0.6 is 11.6 Å². The third kappa shape index (κ3) is 6.08. The summed E-state index contributed by atoms with van der Waals surface area (Å²) in [7, 11) is -3.63. The lowest BCUT2D eigenvalue weighted by atomic mass is 10.1. The lowest BCUT2D eigenvalue weighted by molar-refractivity contribution is -0.119. The summed E-state index contributed by atoms with van der Waals surface area (Å²) in [5, 5.41) is 4.64. The standard InChI is InChI=1S/C19H22ClN3O3S/c1-13-9-14(2)11-18(10-13)23(27(4,25)26)12-19(24)22-21-15(3)16-5-7-17(20)8-6-16/h5-11H,12H2,1-4H3,(H,22,24)/b21-15-. The predicted molar refractivity (Wildman–Crippen MR) is 110 cm³/mol. The molecule has 0 aliphatic rings. The number of halogens is 1. The van der Waals surface area contributed by atoms with E-state index in [0.29, 0.717) is 16.4 Å². The molecular formula is C19H22ClN3O3S. The smallest absolute Gasteiger partial charge is 0.260 e. The molecule has 1 amide bonds. The van der Waals surface area contributed by atoms with Crippen molar-refractivity contribution in [1.29, 1.82) is 0 Å². The molecule has 2 aromatic rings. The fourth-order valence-corrected chi connectivity index (χ4v) is 3.53. The Morgan fingerprint density at radius 1 is 1.11 bits per heavy atom. The Labute approximate surface area is 164 Å². The second-order valence-electron chi connectivity index (χ2n) is 6.35. The summed E-state index contributed by atoms with van der Waals surface area (Å²) in [5.74, 6) is -0.534. The molecule has 0 saturated heterocycles. The highest BCUT2D eigenvalue weighted by atomic mass is 35.5. The molecule has 27 heavy (non-hydrogen) atoms. The zero-order valence-corrected chi connectivity index (χ0v) is 17.2. The van der Waals surface area contributed by atoms with Crippen molar-refractivity contribution in [2.24, 2.45) is 5.10 Å². The van der Waals surface area contributed by atoms with Crippen molar-refractivity contribution in [3.05, 3.63) is 64.2 Å². The van der Waals surface area contributed by atoms with Crippen LogP contribution in [0.25, 0.3) is 0 Å². The Kier molecular flexibility index (Phi) is 6.62. The third-order valence-corrected chi connectivity index (χ3v) is 5.18. The van der Waals surface area contributed by atoms with Crippen molar-refractivity contribution in [2.45, 2.75) is 20.8 Å². The van der Waals surface area contributed by atoms with Crippen molar-refractivity contribution < 1.29 is 13.2 Å². The van der Waals surface area contributed by atoms with E-state index in [1.54, 1.807) is 43.3 Å². The molecule has 0 unspecified atom stereocenters. The largest absolute Gasteiger partial charge is 0.271 e. The number of amides is 1. The third-order valence-electron chi connectivity index (χ3n) is 3.79. The molecule has 1 N–H and O–H groups in total. The summed E-state index contributed by atoms with van der Waals surface area (Å²) < 4.78 is 25.4. The summed E-state index contributed by atoms with van der Waals surface area (Å²) in [6, 6.07) is 12.4. The quantitative estimate of drug-likeness (QED) is 0.589. The summed E-state index contributed by atoms with van der Waals surface area (Å²) in [6.45, 7) is 5.12. The van der Waals surface area contributed by atoms with Crippen LogP contribution in [0.2, 0.25) is 5.02 Å². The number of carbonyl (C=O) groups excluding carboxylic acids is 1. The normalized spacial score (nSPS) is 12.0. The van der Waals surface area contributed by atoms with Crippen LogP contribution in [0.5, 0.6) is 0 Å². The van der Waals surface area contributed by atoms with E-state index >= 15 is 0 Å². The fraction of sp³-hybridized carbons (Fsp3) is 0.263. The van der Waals surface area contributed by atoms with Gasteiger partial charge in [0.1, 0.15) is 6.54 Å². The molecule has 0 aliphatic carbocycles. The Morgan fingerprint density at radius 3 is 2.19 bits per heavy atom. The van der Waals surface area contributed by atoms with Gasteiger partial charge in [-0.2, -0.15) is 5.10 Å². The first kappa shape index (κ1) is 20.9. The molecule has 6 nitrogen and oxygen atoms in total. The number of benzene rings is 2. The van der Waals surface area contributed by atoms with Gasteiger partial charge in [0.15, 0.2) is 0 Å². The Hall–Kier alpha value is -2.38. The van der Waals surface area contributed by atoms with E-state index in [-0.39, 0.29) is 6.54 Å². The summed E-state index contributed by atoms with van der Waals surface area (Å²) in [4.78, 5) is 12.3. The van der Waals surface area contributed by atoms with Crippen molar-refractivity contribution in [3.63, 3.8) is 0 Å². The number of nitrogens with one attached hydrogen (secondary N) is 1. The first-order valence-corrected chi connectivity index (χ1v) is 10.4. The number of hydrazone groups is 1. The molecule has 0 fully saturated rings. The van der Waals surface area contributed by atoms with Crippen molar-refractivity contribution in [2.75, 3.05) is 17.1 Å². The second kappa shape index (κ2) is 8.54. The number of rotatable bonds is 6. The van der Waals surface area contributed by atoms with E-state index in [2.05, 4.69) is 10.5 Å². The molecular weight excluding hydrogens is 386 g/mol. The first-order valence-electron chi connectivity index (χ1n) is 8.21. The first-order chi connectivity index (χ1) is 12.6. The minimum absolute atomic E-state index is 0.362. The van der Waals surface area contributed by atoms with Gasteiger partial charge in [0.25, 0.3) is 5.91 Å². The van der Waals surface area contributed by atoms with Crippen LogP contribution in [-0.4, -0.2) is 32.8 Å². The SMILES string of the molecule is C/C(=N/NC(=O)CN(c1cc(C)cc(C)c1)S(C)(=O)=O)c1ccc(Cl)cc1. The van der Waals surface area contributed by atoms with Crippen LogP contribution in [0.3, 0.4) is 0 Å². The van der Waals surface area contributed by atoms with Gasteiger partial charge in [-0.05, 0) is 61.7 Å². The fourth-order valence-electron chi connectivity index (χ4n) is 2.56. The second-order valence-corrected chi connectivity index (χ2v) is 8.70. The maximum absolute atomic E-state index is 12.3. The zero-order chi connectivity index (χ0) is 20.2. The van der Waals surface area contributed by atoms with Crippen LogP contribution in [0, 0.1) is 13.8 Å². The molecule has 8 heteroatoms. The zero-order valence-electron chi connectivity index (χ0n) is 15.7. The van der Waals surface area contributed by atoms with Crippen LogP contribution in [0.4, 0.5) is 5.69 Å². The molecule has 0 spiro atoms. The molecule has 0 saturated carbocycles. The number of carbonyl (C=O) groups is 1. The van der Waals surface area contributed by atoms with E-state index in [1.807, 2.05) is 19.9 Å². The van der Waals surface area contributed by atoms with Crippen LogP contribution in [0.15, 0.2) is 47.6 Å². The van der Waals surface area contributed by atoms with Gasteiger partial charge in [-0.3, -0.25) is 9.10 Å². The van der Waals surface area contributed by atoms with E-state index in [0.717, 1.165) is 27.3 Å². The van der Waals surface area contributed by atoms with E-state index in [4.69, 9.17) is 11.6 Å². The minimum Gasteiger partial charge on any atom is -0.271 e. The van der Waals surface area contributed by atoms with Crippen LogP contribution in [0.1, 0.15) is 23.6 Å².